The first-order valence-corrected chi connectivity index (χ1v) is 6.29. The molecule has 0 aromatic rings. The Kier molecular flexibility index (Phi) is 5.41. The number of aliphatic carboxylic acids is 1. The van der Waals surface area contributed by atoms with Crippen LogP contribution in [0.1, 0.15) is 39.0 Å². The van der Waals surface area contributed by atoms with E-state index in [-0.39, 0.29) is 30.2 Å². The molecule has 0 aromatic carbocycles. The number of amides is 1. The van der Waals surface area contributed by atoms with Crippen LogP contribution in [0.15, 0.2) is 0 Å². The number of carbonyl (C=O) groups is 2. The van der Waals surface area contributed by atoms with Gasteiger partial charge < -0.3 is 16.2 Å². The number of carbonyl (C=O) groups excluding carboxylic acids is 1. The Bertz CT molecular complexity index is 281. The van der Waals surface area contributed by atoms with E-state index in [0.717, 1.165) is 25.7 Å². The molecule has 5 nitrogen and oxygen atoms in total. The van der Waals surface area contributed by atoms with Crippen LogP contribution in [-0.2, 0) is 9.59 Å². The van der Waals surface area contributed by atoms with Crippen molar-refractivity contribution in [3.05, 3.63) is 0 Å². The third kappa shape index (κ3) is 4.34. The molecule has 3 atom stereocenters. The fourth-order valence-corrected chi connectivity index (χ4v) is 2.30. The van der Waals surface area contributed by atoms with E-state index in [1.165, 1.54) is 0 Å². The van der Waals surface area contributed by atoms with E-state index in [2.05, 4.69) is 5.32 Å². The van der Waals surface area contributed by atoms with Crippen molar-refractivity contribution in [3.8, 4) is 0 Å². The average molecular weight is 242 g/mol. The summed E-state index contributed by atoms with van der Waals surface area (Å²) in [5, 5.41) is 11.5. The Labute approximate surface area is 102 Å². The number of rotatable bonds is 6. The molecular formula is C12H22N2O3. The summed E-state index contributed by atoms with van der Waals surface area (Å²) in [5.74, 6) is -0.908. The van der Waals surface area contributed by atoms with Gasteiger partial charge in [-0.1, -0.05) is 19.8 Å². The second-order valence-corrected chi connectivity index (χ2v) is 4.82. The second kappa shape index (κ2) is 6.59. The van der Waals surface area contributed by atoms with Gasteiger partial charge in [0, 0.05) is 19.0 Å². The predicted molar refractivity (Wildman–Crippen MR) is 64.4 cm³/mol. The summed E-state index contributed by atoms with van der Waals surface area (Å²) < 4.78 is 0. The molecule has 0 aliphatic heterocycles. The minimum absolute atomic E-state index is 0.00841. The summed E-state index contributed by atoms with van der Waals surface area (Å²) in [6, 6.07) is -0.0328. The third-order valence-corrected chi connectivity index (χ3v) is 3.51. The van der Waals surface area contributed by atoms with Crippen LogP contribution in [-0.4, -0.2) is 29.6 Å². The van der Waals surface area contributed by atoms with E-state index in [1.54, 1.807) is 0 Å². The van der Waals surface area contributed by atoms with Crippen molar-refractivity contribution < 1.29 is 14.7 Å². The van der Waals surface area contributed by atoms with Gasteiger partial charge >= 0.3 is 5.97 Å². The molecule has 1 rings (SSSR count). The van der Waals surface area contributed by atoms with Crippen LogP contribution in [0, 0.1) is 11.8 Å². The first-order chi connectivity index (χ1) is 8.04. The minimum atomic E-state index is -0.816. The molecule has 0 aromatic heterocycles. The molecule has 0 saturated heterocycles. The fourth-order valence-electron chi connectivity index (χ4n) is 2.30. The number of carboxylic acid groups (broad SMARTS) is 1. The van der Waals surface area contributed by atoms with Crippen molar-refractivity contribution >= 4 is 11.9 Å². The normalized spacial score (nSPS) is 25.5. The van der Waals surface area contributed by atoms with Crippen LogP contribution in [0.2, 0.25) is 0 Å². The Morgan fingerprint density at radius 1 is 1.47 bits per heavy atom. The standard InChI is InChI=1S/C12H22N2O3/c1-2-8(6-11(15)16)7-14-12(17)9-4-3-5-10(9)13/h8-10H,2-7,13H2,1H3,(H,14,17)(H,15,16). The maximum Gasteiger partial charge on any atom is 0.303 e. The van der Waals surface area contributed by atoms with E-state index < -0.39 is 5.97 Å². The van der Waals surface area contributed by atoms with E-state index >= 15 is 0 Å². The fraction of sp³-hybridized carbons (Fsp3) is 0.833. The Morgan fingerprint density at radius 3 is 2.65 bits per heavy atom. The van der Waals surface area contributed by atoms with Crippen molar-refractivity contribution in [2.45, 2.75) is 45.1 Å². The van der Waals surface area contributed by atoms with E-state index in [0.29, 0.717) is 6.54 Å². The second-order valence-electron chi connectivity index (χ2n) is 4.82. The Morgan fingerprint density at radius 2 is 2.18 bits per heavy atom. The van der Waals surface area contributed by atoms with E-state index in [1.807, 2.05) is 6.92 Å². The molecule has 5 heteroatoms. The van der Waals surface area contributed by atoms with E-state index in [9.17, 15) is 9.59 Å². The molecule has 1 fully saturated rings. The van der Waals surface area contributed by atoms with Gasteiger partial charge in [-0.15, -0.1) is 0 Å². The molecule has 0 heterocycles. The van der Waals surface area contributed by atoms with Gasteiger partial charge in [0.25, 0.3) is 0 Å². The molecule has 17 heavy (non-hydrogen) atoms. The highest BCUT2D eigenvalue weighted by Gasteiger charge is 2.30. The lowest BCUT2D eigenvalue weighted by molar-refractivity contribution is -0.138. The van der Waals surface area contributed by atoms with Crippen LogP contribution in [0.4, 0.5) is 0 Å². The first-order valence-electron chi connectivity index (χ1n) is 6.29. The Hall–Kier alpha value is -1.10. The van der Waals surface area contributed by atoms with Gasteiger partial charge in [0.2, 0.25) is 5.91 Å². The van der Waals surface area contributed by atoms with Crippen molar-refractivity contribution in [2.75, 3.05) is 6.54 Å². The molecule has 0 radical (unpaired) electrons. The zero-order valence-corrected chi connectivity index (χ0v) is 10.3. The van der Waals surface area contributed by atoms with Crippen molar-refractivity contribution in [1.82, 2.24) is 5.32 Å². The molecule has 98 valence electrons. The SMILES string of the molecule is CCC(CNC(=O)C1CCCC1N)CC(=O)O. The lowest BCUT2D eigenvalue weighted by atomic mass is 10.0. The highest BCUT2D eigenvalue weighted by atomic mass is 16.4. The van der Waals surface area contributed by atoms with Crippen molar-refractivity contribution in [3.63, 3.8) is 0 Å². The van der Waals surface area contributed by atoms with Crippen LogP contribution in [0.5, 0.6) is 0 Å². The summed E-state index contributed by atoms with van der Waals surface area (Å²) >= 11 is 0. The smallest absolute Gasteiger partial charge is 0.303 e. The number of nitrogens with one attached hydrogen (secondary N) is 1. The van der Waals surface area contributed by atoms with Crippen LogP contribution < -0.4 is 11.1 Å². The molecule has 1 saturated carbocycles. The molecular weight excluding hydrogens is 220 g/mol. The quantitative estimate of drug-likeness (QED) is 0.640. The predicted octanol–water partition coefficient (Wildman–Crippen LogP) is 0.731. The zero-order valence-electron chi connectivity index (χ0n) is 10.3. The summed E-state index contributed by atoms with van der Waals surface area (Å²) in [4.78, 5) is 22.4. The number of carboxylic acids is 1. The highest BCUT2D eigenvalue weighted by Crippen LogP contribution is 2.24. The zero-order chi connectivity index (χ0) is 12.8. The molecule has 3 unspecified atom stereocenters. The molecule has 1 aliphatic carbocycles. The highest BCUT2D eigenvalue weighted by molar-refractivity contribution is 5.79. The van der Waals surface area contributed by atoms with Gasteiger partial charge in [-0.05, 0) is 18.8 Å². The average Bonchev–Trinajstić information content (AvgIpc) is 2.69. The van der Waals surface area contributed by atoms with Gasteiger partial charge in [-0.25, -0.2) is 0 Å². The largest absolute Gasteiger partial charge is 0.481 e. The van der Waals surface area contributed by atoms with Gasteiger partial charge in [-0.2, -0.15) is 0 Å². The van der Waals surface area contributed by atoms with Crippen LogP contribution in [0.25, 0.3) is 0 Å². The summed E-state index contributed by atoms with van der Waals surface area (Å²) in [7, 11) is 0. The first kappa shape index (κ1) is 14.0. The summed E-state index contributed by atoms with van der Waals surface area (Å²) in [6.07, 6.45) is 3.62. The monoisotopic (exact) mass is 242 g/mol. The maximum absolute atomic E-state index is 11.8. The minimum Gasteiger partial charge on any atom is -0.481 e. The van der Waals surface area contributed by atoms with Gasteiger partial charge in [0.1, 0.15) is 0 Å². The maximum atomic E-state index is 11.8. The third-order valence-electron chi connectivity index (χ3n) is 3.51. The van der Waals surface area contributed by atoms with Crippen molar-refractivity contribution in [2.24, 2.45) is 17.6 Å². The summed E-state index contributed by atoms with van der Waals surface area (Å²) in [5.41, 5.74) is 5.84. The lowest BCUT2D eigenvalue weighted by Crippen LogP contribution is -2.40. The number of nitrogens with two attached hydrogens (primary N) is 1. The van der Waals surface area contributed by atoms with Crippen LogP contribution >= 0.6 is 0 Å². The molecule has 4 N–H and O–H groups in total. The number of hydrogen-bond donors (Lipinski definition) is 3. The molecule has 1 amide bonds. The molecule has 0 bridgehead atoms. The topological polar surface area (TPSA) is 92.4 Å². The van der Waals surface area contributed by atoms with Crippen molar-refractivity contribution in [1.29, 1.82) is 0 Å². The summed E-state index contributed by atoms with van der Waals surface area (Å²) in [6.45, 7) is 2.37. The Balaban J connectivity index is 2.33. The van der Waals surface area contributed by atoms with Gasteiger partial charge in [0.05, 0.1) is 5.92 Å². The van der Waals surface area contributed by atoms with E-state index in [4.69, 9.17) is 10.8 Å². The number of hydrogen-bond acceptors (Lipinski definition) is 3. The molecule has 0 spiro atoms. The van der Waals surface area contributed by atoms with Crippen LogP contribution in [0.3, 0.4) is 0 Å². The lowest BCUT2D eigenvalue weighted by Gasteiger charge is -2.18. The molecule has 1 aliphatic rings. The van der Waals surface area contributed by atoms with Gasteiger partial charge in [-0.3, -0.25) is 9.59 Å². The van der Waals surface area contributed by atoms with Gasteiger partial charge in [0.15, 0.2) is 0 Å².